The second kappa shape index (κ2) is 9.91. The van der Waals surface area contributed by atoms with Gasteiger partial charge in [-0.3, -0.25) is 20.2 Å². The van der Waals surface area contributed by atoms with Crippen LogP contribution in [0.4, 0.5) is 10.3 Å². The van der Waals surface area contributed by atoms with E-state index < -0.39 is 0 Å². The van der Waals surface area contributed by atoms with Crippen LogP contribution in [0, 0.1) is 13.8 Å². The Morgan fingerprint density at radius 2 is 1.25 bits per heavy atom. The van der Waals surface area contributed by atoms with Gasteiger partial charge in [0.1, 0.15) is 10.0 Å². The zero-order valence-electron chi connectivity index (χ0n) is 13.1. The predicted molar refractivity (Wildman–Crippen MR) is 101 cm³/mol. The van der Waals surface area contributed by atoms with Crippen LogP contribution in [0.15, 0.2) is 0 Å². The normalized spacial score (nSPS) is 10.6. The van der Waals surface area contributed by atoms with Crippen LogP contribution in [0.3, 0.4) is 0 Å². The van der Waals surface area contributed by atoms with Crippen LogP contribution in [-0.2, 0) is 9.59 Å². The Hall–Kier alpha value is -1.24. The first kappa shape index (κ1) is 19.1. The van der Waals surface area contributed by atoms with Gasteiger partial charge in [0, 0.05) is 11.5 Å². The molecule has 0 aliphatic carbocycles. The molecule has 0 unspecified atom stereocenters. The predicted octanol–water partition coefficient (Wildman–Crippen LogP) is 2.05. The van der Waals surface area contributed by atoms with E-state index in [9.17, 15) is 9.59 Å². The van der Waals surface area contributed by atoms with Gasteiger partial charge in [-0.1, -0.05) is 22.7 Å². The molecule has 0 saturated carbocycles. The first-order valence-corrected chi connectivity index (χ1v) is 10.8. The molecule has 24 heavy (non-hydrogen) atoms. The van der Waals surface area contributed by atoms with Crippen LogP contribution < -0.4 is 10.6 Å². The minimum atomic E-state index is -0.0921. The van der Waals surface area contributed by atoms with Gasteiger partial charge >= 0.3 is 0 Å². The van der Waals surface area contributed by atoms with Crippen LogP contribution in [0.1, 0.15) is 10.0 Å². The number of nitrogens with one attached hydrogen (secondary N) is 2. The topological polar surface area (TPSA) is 110 Å². The Bertz CT molecular complexity index is 630. The summed E-state index contributed by atoms with van der Waals surface area (Å²) in [5.41, 5.74) is 0. The average molecular weight is 405 g/mol. The van der Waals surface area contributed by atoms with E-state index in [1.807, 2.05) is 13.8 Å². The molecule has 12 heteroatoms. The number of thioether (sulfide) groups is 2. The SMILES string of the molecule is Cc1nnc(NC(=O)CSCCSCC(=O)Nc2nnc(C)s2)s1. The average Bonchev–Trinajstić information content (AvgIpc) is 3.11. The third kappa shape index (κ3) is 7.11. The van der Waals surface area contributed by atoms with Crippen molar-refractivity contribution >= 4 is 68.3 Å². The van der Waals surface area contributed by atoms with Crippen molar-refractivity contribution in [3.8, 4) is 0 Å². The summed E-state index contributed by atoms with van der Waals surface area (Å²) in [5.74, 6) is 2.11. The van der Waals surface area contributed by atoms with E-state index in [2.05, 4.69) is 31.0 Å². The maximum atomic E-state index is 11.7. The molecule has 0 radical (unpaired) electrons. The number of aromatic nitrogens is 4. The van der Waals surface area contributed by atoms with E-state index in [1.165, 1.54) is 46.2 Å². The zero-order valence-corrected chi connectivity index (χ0v) is 16.3. The van der Waals surface area contributed by atoms with Gasteiger partial charge in [-0.25, -0.2) is 0 Å². The number of carbonyl (C=O) groups is 2. The highest BCUT2D eigenvalue weighted by Gasteiger charge is 2.08. The highest BCUT2D eigenvalue weighted by atomic mass is 32.2. The number of hydrogen-bond acceptors (Lipinski definition) is 10. The molecule has 2 aromatic heterocycles. The molecule has 2 amide bonds. The van der Waals surface area contributed by atoms with Gasteiger partial charge in [0.05, 0.1) is 11.5 Å². The Morgan fingerprint density at radius 1 is 0.833 bits per heavy atom. The van der Waals surface area contributed by atoms with Gasteiger partial charge in [0.25, 0.3) is 0 Å². The Kier molecular flexibility index (Phi) is 7.88. The highest BCUT2D eigenvalue weighted by molar-refractivity contribution is 8.03. The lowest BCUT2D eigenvalue weighted by Crippen LogP contribution is -2.15. The van der Waals surface area contributed by atoms with Gasteiger partial charge in [0.15, 0.2) is 0 Å². The number of hydrogen-bond donors (Lipinski definition) is 2. The van der Waals surface area contributed by atoms with Crippen molar-refractivity contribution in [2.75, 3.05) is 33.6 Å². The van der Waals surface area contributed by atoms with E-state index in [-0.39, 0.29) is 11.8 Å². The van der Waals surface area contributed by atoms with Gasteiger partial charge in [-0.15, -0.1) is 20.4 Å². The Labute approximate surface area is 155 Å². The molecule has 2 N–H and O–H groups in total. The van der Waals surface area contributed by atoms with Crippen molar-refractivity contribution < 1.29 is 9.59 Å². The molecule has 0 fully saturated rings. The lowest BCUT2D eigenvalue weighted by molar-refractivity contribution is -0.114. The molecule has 0 bridgehead atoms. The van der Waals surface area contributed by atoms with Crippen molar-refractivity contribution in [1.82, 2.24) is 20.4 Å². The van der Waals surface area contributed by atoms with Gasteiger partial charge in [-0.05, 0) is 13.8 Å². The van der Waals surface area contributed by atoms with Crippen molar-refractivity contribution in [3.63, 3.8) is 0 Å². The molecular formula is C12H16N6O2S4. The van der Waals surface area contributed by atoms with Crippen molar-refractivity contribution in [1.29, 1.82) is 0 Å². The van der Waals surface area contributed by atoms with E-state index in [0.717, 1.165) is 21.5 Å². The molecule has 0 spiro atoms. The fourth-order valence-electron chi connectivity index (χ4n) is 1.45. The van der Waals surface area contributed by atoms with Crippen LogP contribution in [-0.4, -0.2) is 55.2 Å². The van der Waals surface area contributed by atoms with Crippen LogP contribution in [0.2, 0.25) is 0 Å². The maximum Gasteiger partial charge on any atom is 0.236 e. The quantitative estimate of drug-likeness (QED) is 0.611. The lowest BCUT2D eigenvalue weighted by atomic mass is 10.7. The third-order valence-electron chi connectivity index (χ3n) is 2.38. The summed E-state index contributed by atoms with van der Waals surface area (Å²) in [6.45, 7) is 3.67. The van der Waals surface area contributed by atoms with Gasteiger partial charge in [-0.2, -0.15) is 23.5 Å². The molecule has 2 heterocycles. The summed E-state index contributed by atoms with van der Waals surface area (Å²) in [6.07, 6.45) is 0. The number of carbonyl (C=O) groups excluding carboxylic acids is 2. The number of aryl methyl sites for hydroxylation is 2. The molecule has 0 aliphatic rings. The molecule has 130 valence electrons. The smallest absolute Gasteiger partial charge is 0.236 e. The van der Waals surface area contributed by atoms with Gasteiger partial charge in [0.2, 0.25) is 22.1 Å². The number of nitrogens with zero attached hydrogens (tertiary/aromatic N) is 4. The molecule has 0 saturated heterocycles. The van der Waals surface area contributed by atoms with E-state index in [4.69, 9.17) is 0 Å². The van der Waals surface area contributed by atoms with Crippen molar-refractivity contribution in [3.05, 3.63) is 10.0 Å². The van der Waals surface area contributed by atoms with E-state index >= 15 is 0 Å². The second-order valence-electron chi connectivity index (χ2n) is 4.45. The van der Waals surface area contributed by atoms with Gasteiger partial charge < -0.3 is 0 Å². The third-order valence-corrected chi connectivity index (χ3v) is 6.07. The number of rotatable bonds is 9. The lowest BCUT2D eigenvalue weighted by Gasteiger charge is -2.03. The molecule has 0 atom stereocenters. The summed E-state index contributed by atoms with van der Waals surface area (Å²) in [6, 6.07) is 0. The van der Waals surface area contributed by atoms with E-state index in [0.29, 0.717) is 21.8 Å². The number of anilines is 2. The zero-order chi connectivity index (χ0) is 17.4. The molecule has 2 aromatic rings. The minimum absolute atomic E-state index is 0.0921. The largest absolute Gasteiger partial charge is 0.300 e. The number of amides is 2. The molecule has 8 nitrogen and oxygen atoms in total. The first-order valence-electron chi connectivity index (χ1n) is 6.88. The Balaban J connectivity index is 1.50. The summed E-state index contributed by atoms with van der Waals surface area (Å²) >= 11 is 5.73. The van der Waals surface area contributed by atoms with E-state index in [1.54, 1.807) is 0 Å². The summed E-state index contributed by atoms with van der Waals surface area (Å²) in [5, 5.41) is 23.4. The fourth-order valence-corrected chi connectivity index (χ4v) is 4.42. The van der Waals surface area contributed by atoms with Crippen LogP contribution in [0.5, 0.6) is 0 Å². The standard InChI is InChI=1S/C12H16N6O2S4/c1-7-15-17-11(23-7)13-9(19)5-21-3-4-22-6-10(20)14-12-18-16-8(2)24-12/h3-6H2,1-2H3,(H,13,17,19)(H,14,18,20). The highest BCUT2D eigenvalue weighted by Crippen LogP contribution is 2.15. The molecule has 0 aliphatic heterocycles. The summed E-state index contributed by atoms with van der Waals surface area (Å²) < 4.78 is 0. The second-order valence-corrected chi connectivity index (χ2v) is 9.03. The van der Waals surface area contributed by atoms with Crippen LogP contribution in [0.25, 0.3) is 0 Å². The molecule has 0 aromatic carbocycles. The molecular weight excluding hydrogens is 388 g/mol. The Morgan fingerprint density at radius 3 is 1.58 bits per heavy atom. The maximum absolute atomic E-state index is 11.7. The fraction of sp³-hybridized carbons (Fsp3) is 0.500. The van der Waals surface area contributed by atoms with Crippen molar-refractivity contribution in [2.24, 2.45) is 0 Å². The minimum Gasteiger partial charge on any atom is -0.300 e. The molecule has 2 rings (SSSR count). The monoisotopic (exact) mass is 404 g/mol. The van der Waals surface area contributed by atoms with Crippen molar-refractivity contribution in [2.45, 2.75) is 13.8 Å². The summed E-state index contributed by atoms with van der Waals surface area (Å²) in [7, 11) is 0. The first-order chi connectivity index (χ1) is 11.5. The summed E-state index contributed by atoms with van der Waals surface area (Å²) in [4.78, 5) is 23.4. The van der Waals surface area contributed by atoms with Crippen LogP contribution >= 0.6 is 46.2 Å².